The van der Waals surface area contributed by atoms with Crippen LogP contribution in [0.1, 0.15) is 311 Å². The van der Waals surface area contributed by atoms with Crippen LogP contribution in [-0.2, 0) is 28.6 Å². The van der Waals surface area contributed by atoms with Gasteiger partial charge in [0.25, 0.3) is 0 Å². The number of ether oxygens (including phenoxy) is 3. The van der Waals surface area contributed by atoms with Crippen LogP contribution in [0.3, 0.4) is 0 Å². The first-order valence-electron chi connectivity index (χ1n) is 27.8. The highest BCUT2D eigenvalue weighted by atomic mass is 16.6. The maximum absolute atomic E-state index is 12.7. The summed E-state index contributed by atoms with van der Waals surface area (Å²) in [7, 11) is 0. The van der Waals surface area contributed by atoms with E-state index >= 15 is 0 Å². The predicted octanol–water partition coefficient (Wildman–Crippen LogP) is 18.1. The van der Waals surface area contributed by atoms with Gasteiger partial charge in [-0.25, -0.2) is 0 Å². The predicted molar refractivity (Wildman–Crippen MR) is 266 cm³/mol. The Morgan fingerprint density at radius 3 is 0.919 bits per heavy atom. The van der Waals surface area contributed by atoms with Gasteiger partial charge < -0.3 is 14.2 Å². The largest absolute Gasteiger partial charge is 0.462 e. The molecule has 2 atom stereocenters. The third kappa shape index (κ3) is 47.9. The molecule has 6 heteroatoms. The quantitative estimate of drug-likeness (QED) is 0.0344. The maximum Gasteiger partial charge on any atom is 0.306 e. The molecule has 0 aliphatic carbocycles. The van der Waals surface area contributed by atoms with Crippen molar-refractivity contribution in [1.82, 2.24) is 0 Å². The summed E-state index contributed by atoms with van der Waals surface area (Å²) >= 11 is 0. The van der Waals surface area contributed by atoms with Crippen LogP contribution in [0, 0.1) is 11.8 Å². The Bertz CT molecular complexity index is 949. The molecule has 0 rings (SSSR count). The average molecular weight is 877 g/mol. The first-order chi connectivity index (χ1) is 30.3. The van der Waals surface area contributed by atoms with Gasteiger partial charge in [-0.15, -0.1) is 0 Å². The molecule has 368 valence electrons. The Morgan fingerprint density at radius 2 is 0.613 bits per heavy atom. The van der Waals surface area contributed by atoms with Crippen LogP contribution in [-0.4, -0.2) is 37.2 Å². The molecule has 0 saturated carbocycles. The molecule has 0 spiro atoms. The van der Waals surface area contributed by atoms with Crippen molar-refractivity contribution in [2.75, 3.05) is 13.2 Å². The van der Waals surface area contributed by atoms with E-state index in [-0.39, 0.29) is 31.1 Å². The number of esters is 3. The molecule has 0 N–H and O–H groups in total. The monoisotopic (exact) mass is 877 g/mol. The summed E-state index contributed by atoms with van der Waals surface area (Å²) in [4.78, 5) is 37.9. The zero-order valence-electron chi connectivity index (χ0n) is 42.5. The number of hydrogen-bond acceptors (Lipinski definition) is 6. The molecule has 0 radical (unpaired) electrons. The topological polar surface area (TPSA) is 78.9 Å². The van der Waals surface area contributed by atoms with Crippen molar-refractivity contribution < 1.29 is 28.6 Å². The van der Waals surface area contributed by atoms with E-state index < -0.39 is 6.10 Å². The molecular weight excluding hydrogens is 769 g/mol. The van der Waals surface area contributed by atoms with Crippen LogP contribution in [0.2, 0.25) is 0 Å². The van der Waals surface area contributed by atoms with Crippen LogP contribution in [0.15, 0.2) is 0 Å². The first-order valence-corrected chi connectivity index (χ1v) is 27.8. The highest BCUT2D eigenvalue weighted by Crippen LogP contribution is 2.18. The Labute approximate surface area is 387 Å². The summed E-state index contributed by atoms with van der Waals surface area (Å²) in [5.41, 5.74) is 0. The average Bonchev–Trinajstić information content (AvgIpc) is 3.26. The molecule has 0 aliphatic heterocycles. The molecule has 62 heavy (non-hydrogen) atoms. The smallest absolute Gasteiger partial charge is 0.306 e. The summed E-state index contributed by atoms with van der Waals surface area (Å²) in [6.45, 7) is 11.4. The van der Waals surface area contributed by atoms with E-state index in [2.05, 4.69) is 34.6 Å². The molecule has 0 aromatic carbocycles. The zero-order valence-corrected chi connectivity index (χ0v) is 42.5. The summed E-state index contributed by atoms with van der Waals surface area (Å²) in [6.07, 6.45) is 51.0. The van der Waals surface area contributed by atoms with Gasteiger partial charge in [0, 0.05) is 19.3 Å². The lowest BCUT2D eigenvalue weighted by atomic mass is 9.99. The van der Waals surface area contributed by atoms with Crippen molar-refractivity contribution in [1.29, 1.82) is 0 Å². The van der Waals surface area contributed by atoms with Gasteiger partial charge in [-0.3, -0.25) is 14.4 Å². The lowest BCUT2D eigenvalue weighted by molar-refractivity contribution is -0.167. The first kappa shape index (κ1) is 60.4. The van der Waals surface area contributed by atoms with Crippen molar-refractivity contribution >= 4 is 17.9 Å². The van der Waals surface area contributed by atoms with Crippen molar-refractivity contribution in [2.24, 2.45) is 11.8 Å². The number of carbonyl (C=O) groups excluding carboxylic acids is 3. The normalized spacial score (nSPS) is 12.5. The minimum absolute atomic E-state index is 0.0637. The van der Waals surface area contributed by atoms with Gasteiger partial charge in [0.1, 0.15) is 13.2 Å². The lowest BCUT2D eigenvalue weighted by Gasteiger charge is -2.18. The van der Waals surface area contributed by atoms with Crippen LogP contribution >= 0.6 is 0 Å². The van der Waals surface area contributed by atoms with Gasteiger partial charge >= 0.3 is 17.9 Å². The van der Waals surface area contributed by atoms with Crippen molar-refractivity contribution in [3.8, 4) is 0 Å². The Morgan fingerprint density at radius 1 is 0.339 bits per heavy atom. The number of carbonyl (C=O) groups is 3. The van der Waals surface area contributed by atoms with Gasteiger partial charge in [-0.1, -0.05) is 272 Å². The van der Waals surface area contributed by atoms with Crippen LogP contribution in [0.4, 0.5) is 0 Å². The van der Waals surface area contributed by atoms with Crippen molar-refractivity contribution in [3.63, 3.8) is 0 Å². The van der Waals surface area contributed by atoms with E-state index in [1.807, 2.05) is 0 Å². The second-order valence-electron chi connectivity index (χ2n) is 19.9. The molecule has 0 aromatic heterocycles. The molecule has 1 unspecified atom stereocenters. The SMILES string of the molecule is CCCCCCCCCC(=O)O[C@@H](COC(=O)CCCCCCCCCCCCCCCCCCC(C)C)COC(=O)CCCCCCCCCCCCCCCCC(C)CC. The lowest BCUT2D eigenvalue weighted by Crippen LogP contribution is -2.30. The van der Waals surface area contributed by atoms with Gasteiger partial charge in [0.05, 0.1) is 0 Å². The third-order valence-corrected chi connectivity index (χ3v) is 13.1. The molecule has 0 aliphatic rings. The van der Waals surface area contributed by atoms with Crippen molar-refractivity contribution in [2.45, 2.75) is 317 Å². The molecule has 0 saturated heterocycles. The molecule has 0 fully saturated rings. The highest BCUT2D eigenvalue weighted by molar-refractivity contribution is 5.71. The second kappa shape index (κ2) is 48.9. The Balaban J connectivity index is 4.12. The van der Waals surface area contributed by atoms with Gasteiger partial charge in [0.2, 0.25) is 0 Å². The second-order valence-corrected chi connectivity index (χ2v) is 19.9. The minimum atomic E-state index is -0.760. The van der Waals surface area contributed by atoms with Crippen LogP contribution in [0.25, 0.3) is 0 Å². The fourth-order valence-corrected chi connectivity index (χ4v) is 8.49. The Hall–Kier alpha value is -1.59. The fourth-order valence-electron chi connectivity index (χ4n) is 8.49. The van der Waals surface area contributed by atoms with Gasteiger partial charge in [0.15, 0.2) is 6.10 Å². The highest BCUT2D eigenvalue weighted by Gasteiger charge is 2.19. The van der Waals surface area contributed by atoms with E-state index in [4.69, 9.17) is 14.2 Å². The van der Waals surface area contributed by atoms with Crippen LogP contribution < -0.4 is 0 Å². The van der Waals surface area contributed by atoms with E-state index in [1.54, 1.807) is 0 Å². The number of rotatable bonds is 50. The summed E-state index contributed by atoms with van der Waals surface area (Å²) in [5, 5.41) is 0. The van der Waals surface area contributed by atoms with Crippen molar-refractivity contribution in [3.05, 3.63) is 0 Å². The van der Waals surface area contributed by atoms with E-state index in [1.165, 1.54) is 199 Å². The van der Waals surface area contributed by atoms with Gasteiger partial charge in [-0.05, 0) is 31.1 Å². The fraction of sp³-hybridized carbons (Fsp3) is 0.946. The van der Waals surface area contributed by atoms with E-state index in [9.17, 15) is 14.4 Å². The van der Waals surface area contributed by atoms with Gasteiger partial charge in [-0.2, -0.15) is 0 Å². The molecular formula is C56H108O6. The molecule has 0 bridgehead atoms. The molecule has 0 amide bonds. The summed E-state index contributed by atoms with van der Waals surface area (Å²) < 4.78 is 16.8. The number of hydrogen-bond donors (Lipinski definition) is 0. The maximum atomic E-state index is 12.7. The van der Waals surface area contributed by atoms with Crippen LogP contribution in [0.5, 0.6) is 0 Å². The van der Waals surface area contributed by atoms with E-state index in [0.29, 0.717) is 19.3 Å². The molecule has 6 nitrogen and oxygen atoms in total. The standard InChI is InChI=1S/C56H108O6/c1-6-8-9-10-29-38-43-48-56(59)62-53(50-61-55(58)47-42-37-33-28-24-20-16-15-18-22-26-31-35-40-45-52(5)7-2)49-60-54(57)46-41-36-32-27-23-19-14-12-11-13-17-21-25-30-34-39-44-51(3)4/h51-53H,6-50H2,1-5H3/t52?,53-/m0/s1. The summed E-state index contributed by atoms with van der Waals surface area (Å²) in [6, 6.07) is 0. The van der Waals surface area contributed by atoms with E-state index in [0.717, 1.165) is 69.6 Å². The minimum Gasteiger partial charge on any atom is -0.462 e. The number of unbranched alkanes of at least 4 members (excludes halogenated alkanes) is 34. The molecule has 0 heterocycles. The zero-order chi connectivity index (χ0) is 45.4. The Kier molecular flexibility index (Phi) is 47.6. The molecule has 0 aromatic rings. The summed E-state index contributed by atoms with van der Waals surface area (Å²) in [5.74, 6) is 0.899. The third-order valence-electron chi connectivity index (χ3n) is 13.1.